The van der Waals surface area contributed by atoms with E-state index in [1.165, 1.54) is 0 Å². The minimum atomic E-state index is -0.514. The summed E-state index contributed by atoms with van der Waals surface area (Å²) in [6, 6.07) is 0. The molecule has 0 spiro atoms. The fraction of sp³-hybridized carbons (Fsp3) is 0.333. The zero-order chi connectivity index (χ0) is 3.41. The topological polar surface area (TPSA) is 23.1 Å². The molecular weight excluding hydrogens is 65.9 g/mol. The van der Waals surface area contributed by atoms with Crippen LogP contribution in [0.25, 0.3) is 0 Å². The van der Waals surface area contributed by atoms with E-state index in [9.17, 15) is 0 Å². The fourth-order valence-corrected chi connectivity index (χ4v) is 0. The third-order valence-corrected chi connectivity index (χ3v) is 0.0722. The Morgan fingerprint density at radius 3 is 1.67 bits per heavy atom. The molecule has 0 aromatic carbocycles. The standard InChI is InChI=1S/C3H2O.2Li/c1-2-3-4;;/h3H2;;/q-2;2*+1. The van der Waals surface area contributed by atoms with Gasteiger partial charge in [-0.05, 0) is 0 Å². The third kappa shape index (κ3) is 22.1. The first-order chi connectivity index (χ1) is 1.91. The predicted octanol–water partition coefficient (Wildman–Crippen LogP) is -7.06. The van der Waals surface area contributed by atoms with Crippen molar-refractivity contribution in [1.29, 1.82) is 0 Å². The van der Waals surface area contributed by atoms with Crippen molar-refractivity contribution in [2.24, 2.45) is 0 Å². The average molecular weight is 67.9 g/mol. The van der Waals surface area contributed by atoms with E-state index in [-0.39, 0.29) is 37.7 Å². The van der Waals surface area contributed by atoms with Crippen LogP contribution < -0.4 is 42.8 Å². The average Bonchev–Trinajstić information content (AvgIpc) is 1.37. The van der Waals surface area contributed by atoms with Gasteiger partial charge in [-0.25, -0.2) is 0 Å². The van der Waals surface area contributed by atoms with Gasteiger partial charge < -0.3 is 17.5 Å². The summed E-state index contributed by atoms with van der Waals surface area (Å²) in [6.07, 6.45) is 5.89. The van der Waals surface area contributed by atoms with Gasteiger partial charge in [0.1, 0.15) is 0 Å². The summed E-state index contributed by atoms with van der Waals surface area (Å²) < 4.78 is 0. The van der Waals surface area contributed by atoms with Crippen LogP contribution in [-0.2, 0) is 0 Å². The molecule has 0 aliphatic rings. The second-order valence-corrected chi connectivity index (χ2v) is 0.321. The minimum absolute atomic E-state index is 0. The van der Waals surface area contributed by atoms with E-state index in [4.69, 9.17) is 11.5 Å². The maximum absolute atomic E-state index is 9.00. The predicted molar refractivity (Wildman–Crippen MR) is 12.0 cm³/mol. The van der Waals surface area contributed by atoms with Crippen LogP contribution in [0.2, 0.25) is 0 Å². The van der Waals surface area contributed by atoms with Gasteiger partial charge in [-0.1, -0.05) is 0 Å². The van der Waals surface area contributed by atoms with E-state index in [1.807, 2.05) is 0 Å². The monoisotopic (exact) mass is 68.0 g/mol. The van der Waals surface area contributed by atoms with E-state index >= 15 is 0 Å². The van der Waals surface area contributed by atoms with Crippen molar-refractivity contribution in [2.45, 2.75) is 0 Å². The number of rotatable bonds is 0. The quantitative estimate of drug-likeness (QED) is 0.157. The molecule has 0 rings (SSSR count). The van der Waals surface area contributed by atoms with Gasteiger partial charge in [0, 0.05) is 0 Å². The molecular formula is C3H2Li2O. The molecule has 0 N–H and O–H groups in total. The summed E-state index contributed by atoms with van der Waals surface area (Å²) in [5.74, 6) is 1.62. The Kier molecular flexibility index (Phi) is 45.7. The van der Waals surface area contributed by atoms with Crippen molar-refractivity contribution in [3.63, 3.8) is 0 Å². The maximum Gasteiger partial charge on any atom is 1.00 e. The Labute approximate surface area is 61.9 Å². The summed E-state index contributed by atoms with van der Waals surface area (Å²) in [5, 5.41) is 9.00. The smallest absolute Gasteiger partial charge is 0.847 e. The number of hydrogen-bond acceptors (Lipinski definition) is 1. The second kappa shape index (κ2) is 17.2. The Bertz CT molecular complexity index is 38.5. The van der Waals surface area contributed by atoms with Crippen LogP contribution in [0.3, 0.4) is 0 Å². The van der Waals surface area contributed by atoms with Gasteiger partial charge in [0.25, 0.3) is 0 Å². The zero-order valence-electron chi connectivity index (χ0n) is 4.12. The summed E-state index contributed by atoms with van der Waals surface area (Å²) in [5.41, 5.74) is 0. The normalized spacial score (nSPS) is 3.33. The fourth-order valence-electron chi connectivity index (χ4n) is 0. The van der Waals surface area contributed by atoms with E-state index in [0.717, 1.165) is 0 Å². The molecule has 0 aromatic heterocycles. The summed E-state index contributed by atoms with van der Waals surface area (Å²) in [7, 11) is 0. The first kappa shape index (κ1) is 15.9. The van der Waals surface area contributed by atoms with Gasteiger partial charge in [-0.2, -0.15) is 0 Å². The molecule has 0 saturated carbocycles. The molecule has 3 heteroatoms. The molecule has 22 valence electrons. The van der Waals surface area contributed by atoms with E-state index in [0.29, 0.717) is 0 Å². The van der Waals surface area contributed by atoms with Crippen LogP contribution in [0.4, 0.5) is 0 Å². The molecule has 0 heterocycles. The van der Waals surface area contributed by atoms with E-state index in [2.05, 4.69) is 0 Å². The third-order valence-electron chi connectivity index (χ3n) is 0.0722. The van der Waals surface area contributed by atoms with E-state index < -0.39 is 6.61 Å². The van der Waals surface area contributed by atoms with Crippen molar-refractivity contribution < 1.29 is 42.8 Å². The molecule has 0 aromatic rings. The molecule has 1 nitrogen and oxygen atoms in total. The Hall–Kier alpha value is 0.715. The van der Waals surface area contributed by atoms with E-state index in [1.54, 1.807) is 5.92 Å². The first-order valence-corrected chi connectivity index (χ1v) is 0.892. The molecule has 0 saturated heterocycles. The molecule has 0 bridgehead atoms. The van der Waals surface area contributed by atoms with Crippen LogP contribution >= 0.6 is 0 Å². The van der Waals surface area contributed by atoms with Crippen molar-refractivity contribution in [3.05, 3.63) is 6.42 Å². The second-order valence-electron chi connectivity index (χ2n) is 0.321. The number of hydrogen-bond donors (Lipinski definition) is 0. The molecule has 0 aliphatic carbocycles. The van der Waals surface area contributed by atoms with Gasteiger partial charge >= 0.3 is 37.7 Å². The van der Waals surface area contributed by atoms with Gasteiger partial charge in [-0.3, -0.25) is 0 Å². The molecule has 0 fully saturated rings. The van der Waals surface area contributed by atoms with Crippen molar-refractivity contribution in [1.82, 2.24) is 0 Å². The van der Waals surface area contributed by atoms with Crippen LogP contribution in [0.5, 0.6) is 0 Å². The van der Waals surface area contributed by atoms with Crippen LogP contribution in [0, 0.1) is 12.3 Å². The molecule has 0 aliphatic heterocycles. The van der Waals surface area contributed by atoms with Gasteiger partial charge in [0.05, 0.1) is 0 Å². The molecule has 0 amide bonds. The minimum Gasteiger partial charge on any atom is -0.847 e. The summed E-state index contributed by atoms with van der Waals surface area (Å²) in [6.45, 7) is -0.514. The molecule has 6 heavy (non-hydrogen) atoms. The Balaban J connectivity index is -0.0000000450. The van der Waals surface area contributed by atoms with Gasteiger partial charge in [0.15, 0.2) is 0 Å². The Morgan fingerprint density at radius 2 is 1.67 bits per heavy atom. The molecule has 0 atom stereocenters. The van der Waals surface area contributed by atoms with Crippen molar-refractivity contribution in [2.75, 3.05) is 6.61 Å². The zero-order valence-corrected chi connectivity index (χ0v) is 4.12. The molecule has 0 unspecified atom stereocenters. The van der Waals surface area contributed by atoms with Crippen LogP contribution in [0.15, 0.2) is 0 Å². The molecule has 0 radical (unpaired) electrons. The summed E-state index contributed by atoms with van der Waals surface area (Å²) in [4.78, 5) is 0. The van der Waals surface area contributed by atoms with Crippen LogP contribution in [-0.4, -0.2) is 6.61 Å². The maximum atomic E-state index is 9.00. The summed E-state index contributed by atoms with van der Waals surface area (Å²) >= 11 is 0. The first-order valence-electron chi connectivity index (χ1n) is 0.892. The van der Waals surface area contributed by atoms with Gasteiger partial charge in [0.2, 0.25) is 0 Å². The van der Waals surface area contributed by atoms with Crippen molar-refractivity contribution in [3.8, 4) is 5.92 Å². The SMILES string of the molecule is [C-]#CC[O-].[Li+].[Li+]. The van der Waals surface area contributed by atoms with Crippen molar-refractivity contribution >= 4 is 0 Å². The Morgan fingerprint density at radius 1 is 1.50 bits per heavy atom. The largest absolute Gasteiger partial charge is 1.00 e. The van der Waals surface area contributed by atoms with Gasteiger partial charge in [-0.15, -0.1) is 6.61 Å². The van der Waals surface area contributed by atoms with Crippen LogP contribution in [0.1, 0.15) is 0 Å².